The molecule has 0 bridgehead atoms. The highest BCUT2D eigenvalue weighted by atomic mass is 32.2. The molecule has 47 heavy (non-hydrogen) atoms. The fourth-order valence-corrected chi connectivity index (χ4v) is 8.81. The van der Waals surface area contributed by atoms with Gasteiger partial charge in [0.15, 0.2) is 0 Å². The van der Waals surface area contributed by atoms with E-state index in [1.54, 1.807) is 50.2 Å². The summed E-state index contributed by atoms with van der Waals surface area (Å²) in [4.78, 5) is 10.6. The van der Waals surface area contributed by atoms with E-state index in [9.17, 15) is 35.4 Å². The van der Waals surface area contributed by atoms with Gasteiger partial charge in [-0.3, -0.25) is 10.1 Å². The van der Waals surface area contributed by atoms with Crippen molar-refractivity contribution in [2.45, 2.75) is 54.5 Å². The van der Waals surface area contributed by atoms with Crippen LogP contribution in [0, 0.1) is 30.9 Å². The molecule has 15 heteroatoms. The molecule has 2 atom stereocenters. The topological polar surface area (TPSA) is 173 Å². The minimum Gasteiger partial charge on any atom is -0.258 e. The first-order chi connectivity index (χ1) is 22.0. The normalized spacial score (nSPS) is 13.7. The number of nitrogens with one attached hydrogen (secondary N) is 2. The maximum absolute atomic E-state index is 14.2. The Bertz CT molecular complexity index is 2030. The fourth-order valence-electron chi connectivity index (χ4n) is 4.85. The number of nitro groups is 1. The summed E-state index contributed by atoms with van der Waals surface area (Å²) in [6.45, 7) is 6.17. The van der Waals surface area contributed by atoms with Crippen LogP contribution in [0.15, 0.2) is 112 Å². The molecule has 4 rings (SSSR count). The van der Waals surface area contributed by atoms with Gasteiger partial charge in [-0.1, -0.05) is 65.2 Å². The summed E-state index contributed by atoms with van der Waals surface area (Å²) in [7, 11) is -12.6. The van der Waals surface area contributed by atoms with Crippen molar-refractivity contribution < 1.29 is 30.2 Å². The van der Waals surface area contributed by atoms with E-state index in [-0.39, 0.29) is 39.0 Å². The van der Waals surface area contributed by atoms with E-state index >= 15 is 0 Å². The number of nitro benzene ring substituents is 1. The van der Waals surface area contributed by atoms with E-state index < -0.39 is 47.1 Å². The van der Waals surface area contributed by atoms with E-state index in [1.165, 1.54) is 67.6 Å². The molecule has 0 radical (unpaired) electrons. The maximum atomic E-state index is 14.2. The van der Waals surface area contributed by atoms with Crippen molar-refractivity contribution in [2.24, 2.45) is 0 Å². The largest absolute Gasteiger partial charge is 0.269 e. The number of non-ortho nitro benzene ring substituents is 1. The highest BCUT2D eigenvalue weighted by molar-refractivity contribution is 7.90. The van der Waals surface area contributed by atoms with Gasteiger partial charge in [0, 0.05) is 31.3 Å². The third-order valence-corrected chi connectivity index (χ3v) is 12.5. The number of hydrogen-bond acceptors (Lipinski definition) is 8. The Morgan fingerprint density at radius 2 is 1.09 bits per heavy atom. The Morgan fingerprint density at radius 3 is 1.53 bits per heavy atom. The monoisotopic (exact) mass is 700 g/mol. The lowest BCUT2D eigenvalue weighted by atomic mass is 10.0. The van der Waals surface area contributed by atoms with Gasteiger partial charge < -0.3 is 0 Å². The Labute approximate surface area is 275 Å². The van der Waals surface area contributed by atoms with Crippen molar-refractivity contribution in [3.8, 4) is 0 Å². The van der Waals surface area contributed by atoms with Crippen molar-refractivity contribution >= 4 is 35.8 Å². The number of rotatable bonds is 14. The van der Waals surface area contributed by atoms with E-state index in [2.05, 4.69) is 9.44 Å². The number of nitrogens with zero attached hydrogens (tertiary/aromatic N) is 2. The maximum Gasteiger partial charge on any atom is 0.269 e. The number of aryl methyl sites for hydroxylation is 3. The van der Waals surface area contributed by atoms with Gasteiger partial charge >= 0.3 is 0 Å². The summed E-state index contributed by atoms with van der Waals surface area (Å²) in [6.07, 6.45) is 0. The van der Waals surface area contributed by atoms with Crippen molar-refractivity contribution in [2.75, 3.05) is 13.1 Å². The smallest absolute Gasteiger partial charge is 0.258 e. The molecule has 0 fully saturated rings. The molecule has 4 aromatic carbocycles. The van der Waals surface area contributed by atoms with Crippen molar-refractivity contribution in [3.05, 3.63) is 129 Å². The second-order valence-electron chi connectivity index (χ2n) is 11.1. The second kappa shape index (κ2) is 14.4. The molecule has 0 aromatic heterocycles. The number of sulfonamides is 3. The fraction of sp³-hybridized carbons (Fsp3) is 0.250. The lowest BCUT2D eigenvalue weighted by Crippen LogP contribution is -2.49. The molecule has 0 amide bonds. The summed E-state index contributed by atoms with van der Waals surface area (Å²) in [5.41, 5.74) is 2.51. The van der Waals surface area contributed by atoms with E-state index in [0.29, 0.717) is 0 Å². The van der Waals surface area contributed by atoms with Gasteiger partial charge in [0.1, 0.15) is 0 Å². The van der Waals surface area contributed by atoms with Crippen LogP contribution in [0.4, 0.5) is 5.69 Å². The highest BCUT2D eigenvalue weighted by Gasteiger charge is 2.37. The molecular weight excluding hydrogens is 665 g/mol. The molecule has 0 saturated heterocycles. The van der Waals surface area contributed by atoms with Crippen LogP contribution in [-0.2, 0) is 30.1 Å². The third-order valence-electron chi connectivity index (χ3n) is 7.60. The third kappa shape index (κ3) is 8.68. The first-order valence-corrected chi connectivity index (χ1v) is 18.9. The Kier molecular flexibility index (Phi) is 11.0. The molecule has 0 spiro atoms. The minimum absolute atomic E-state index is 0.00120. The quantitative estimate of drug-likeness (QED) is 0.142. The van der Waals surface area contributed by atoms with E-state index in [1.807, 2.05) is 6.92 Å². The first kappa shape index (κ1) is 35.9. The lowest BCUT2D eigenvalue weighted by Gasteiger charge is -2.34. The van der Waals surface area contributed by atoms with Crippen LogP contribution in [0.1, 0.15) is 35.2 Å². The summed E-state index contributed by atoms with van der Waals surface area (Å²) in [5, 5.41) is 11.3. The van der Waals surface area contributed by atoms with Crippen molar-refractivity contribution in [3.63, 3.8) is 0 Å². The molecule has 2 N–H and O–H groups in total. The molecule has 2 unspecified atom stereocenters. The van der Waals surface area contributed by atoms with Crippen molar-refractivity contribution in [1.82, 2.24) is 13.7 Å². The predicted molar refractivity (Wildman–Crippen MR) is 178 cm³/mol. The molecule has 4 aromatic rings. The van der Waals surface area contributed by atoms with Gasteiger partial charge in [-0.05, 0) is 69.7 Å². The molecular formula is C32H36N4O8S3. The van der Waals surface area contributed by atoms with Gasteiger partial charge in [-0.25, -0.2) is 34.7 Å². The van der Waals surface area contributed by atoms with Crippen LogP contribution < -0.4 is 9.44 Å². The molecule has 12 nitrogen and oxygen atoms in total. The Hall–Kier alpha value is -3.99. The zero-order valence-electron chi connectivity index (χ0n) is 26.2. The van der Waals surface area contributed by atoms with Gasteiger partial charge in [0.2, 0.25) is 30.1 Å². The molecule has 0 aliphatic rings. The summed E-state index contributed by atoms with van der Waals surface area (Å²) in [6, 6.07) is 21.0. The molecule has 0 saturated carbocycles. The summed E-state index contributed by atoms with van der Waals surface area (Å²) in [5.74, 6) is 0. The van der Waals surface area contributed by atoms with Crippen LogP contribution in [0.3, 0.4) is 0 Å². The highest BCUT2D eigenvalue weighted by Crippen LogP contribution is 2.30. The van der Waals surface area contributed by atoms with Gasteiger partial charge in [-0.15, -0.1) is 0 Å². The zero-order valence-corrected chi connectivity index (χ0v) is 28.6. The van der Waals surface area contributed by atoms with Crippen LogP contribution >= 0.6 is 0 Å². The van der Waals surface area contributed by atoms with Crippen LogP contribution in [-0.4, -0.2) is 53.6 Å². The van der Waals surface area contributed by atoms with Gasteiger partial charge in [0.25, 0.3) is 5.69 Å². The minimum atomic E-state index is -4.35. The standard InChI is InChI=1S/C32H36N4O8S3/c1-23-5-15-29(16-6-23)45(39,40)33-21-22-35(47(43,44)31-19-9-25(3)10-20-31)26(4)32(27-11-13-28(14-12-27)36(37)38)34-46(41,42)30-17-7-24(2)8-18-30/h5-20,26,32-34H,21-22H2,1-4H3. The molecule has 0 aliphatic carbocycles. The number of benzene rings is 4. The van der Waals surface area contributed by atoms with Crippen LogP contribution in [0.5, 0.6) is 0 Å². The molecule has 250 valence electrons. The number of hydrogen-bond donors (Lipinski definition) is 2. The summed E-state index contributed by atoms with van der Waals surface area (Å²) < 4.78 is 87.8. The first-order valence-electron chi connectivity index (χ1n) is 14.5. The lowest BCUT2D eigenvalue weighted by molar-refractivity contribution is -0.384. The average Bonchev–Trinajstić information content (AvgIpc) is 3.02. The molecule has 0 heterocycles. The van der Waals surface area contributed by atoms with E-state index in [0.717, 1.165) is 21.0 Å². The van der Waals surface area contributed by atoms with Crippen molar-refractivity contribution in [1.29, 1.82) is 0 Å². The Balaban J connectivity index is 1.77. The van der Waals surface area contributed by atoms with Gasteiger partial charge in [0.05, 0.1) is 25.7 Å². The zero-order chi connectivity index (χ0) is 34.6. The molecule has 0 aliphatic heterocycles. The SMILES string of the molecule is Cc1ccc(S(=O)(=O)NCCN(C(C)C(NS(=O)(=O)c2ccc(C)cc2)c2ccc([N+](=O)[O-])cc2)S(=O)(=O)c2ccc(C)cc2)cc1. The predicted octanol–water partition coefficient (Wildman–Crippen LogP) is 4.60. The van der Waals surface area contributed by atoms with Crippen LogP contribution in [0.25, 0.3) is 0 Å². The van der Waals surface area contributed by atoms with Gasteiger partial charge in [-0.2, -0.15) is 4.31 Å². The Morgan fingerprint density at radius 1 is 0.660 bits per heavy atom. The average molecular weight is 701 g/mol. The second-order valence-corrected chi connectivity index (χ2v) is 16.5. The summed E-state index contributed by atoms with van der Waals surface area (Å²) >= 11 is 0. The van der Waals surface area contributed by atoms with E-state index in [4.69, 9.17) is 0 Å². The van der Waals surface area contributed by atoms with Crippen LogP contribution in [0.2, 0.25) is 0 Å².